The van der Waals surface area contributed by atoms with Crippen LogP contribution in [0, 0.1) is 0 Å². The number of thiophene rings is 1. The van der Waals surface area contributed by atoms with Gasteiger partial charge in [-0.3, -0.25) is 9.59 Å². The molecule has 0 saturated carbocycles. The Morgan fingerprint density at radius 2 is 1.96 bits per heavy atom. The van der Waals surface area contributed by atoms with Gasteiger partial charge in [0, 0.05) is 33.3 Å². The highest BCUT2D eigenvalue weighted by atomic mass is 32.2. The van der Waals surface area contributed by atoms with E-state index in [1.807, 2.05) is 17.7 Å². The number of amides is 1. The van der Waals surface area contributed by atoms with E-state index in [9.17, 15) is 9.59 Å². The Hall–Kier alpha value is -1.96. The Morgan fingerprint density at radius 1 is 1.19 bits per heavy atom. The van der Waals surface area contributed by atoms with Crippen LogP contribution in [0.5, 0.6) is 0 Å². The molecule has 1 unspecified atom stereocenters. The topological polar surface area (TPSA) is 59.1 Å². The summed E-state index contributed by atoms with van der Waals surface area (Å²) >= 11 is 4.84. The Morgan fingerprint density at radius 3 is 2.62 bits per heavy atom. The number of nitrogens with one attached hydrogen (secondary N) is 1. The molecule has 1 aromatic carbocycles. The zero-order valence-electron chi connectivity index (χ0n) is 14.4. The molecule has 2 heterocycles. The molecule has 1 atom stereocenters. The summed E-state index contributed by atoms with van der Waals surface area (Å²) in [6, 6.07) is 9.00. The second-order valence-electron chi connectivity index (χ2n) is 5.73. The smallest absolute Gasteiger partial charge is 0.237 e. The lowest BCUT2D eigenvalue weighted by molar-refractivity contribution is -0.115. The van der Waals surface area contributed by atoms with Crippen molar-refractivity contribution >= 4 is 51.8 Å². The second kappa shape index (κ2) is 8.62. The number of benzene rings is 1. The number of anilines is 1. The highest BCUT2D eigenvalue weighted by Gasteiger charge is 2.15. The first-order chi connectivity index (χ1) is 12.5. The summed E-state index contributed by atoms with van der Waals surface area (Å²) in [5, 5.41) is 9.88. The van der Waals surface area contributed by atoms with Crippen LogP contribution in [0.15, 0.2) is 46.5 Å². The summed E-state index contributed by atoms with van der Waals surface area (Å²) in [6.07, 6.45) is 0. The first-order valence-electron chi connectivity index (χ1n) is 8.03. The maximum atomic E-state index is 12.3. The highest BCUT2D eigenvalue weighted by molar-refractivity contribution is 7.99. The molecule has 3 aromatic rings. The van der Waals surface area contributed by atoms with Crippen molar-refractivity contribution in [1.29, 1.82) is 0 Å². The Labute approximate surface area is 164 Å². The van der Waals surface area contributed by atoms with Crippen molar-refractivity contribution in [2.75, 3.05) is 5.32 Å². The predicted octanol–water partition coefficient (Wildman–Crippen LogP) is 5.33. The number of ketones is 1. The van der Waals surface area contributed by atoms with Gasteiger partial charge in [0.25, 0.3) is 0 Å². The van der Waals surface area contributed by atoms with Crippen LogP contribution in [0.25, 0.3) is 10.6 Å². The molecule has 0 aliphatic heterocycles. The van der Waals surface area contributed by atoms with Crippen molar-refractivity contribution in [3.05, 3.63) is 57.7 Å². The van der Waals surface area contributed by atoms with Crippen LogP contribution in [0.2, 0.25) is 0 Å². The number of aromatic nitrogens is 1. The van der Waals surface area contributed by atoms with E-state index >= 15 is 0 Å². The lowest BCUT2D eigenvalue weighted by Gasteiger charge is -2.11. The average molecular weight is 403 g/mol. The largest absolute Gasteiger partial charge is 0.325 e. The summed E-state index contributed by atoms with van der Waals surface area (Å²) in [7, 11) is 0. The number of carbonyl (C=O) groups is 2. The van der Waals surface area contributed by atoms with E-state index in [0.29, 0.717) is 17.0 Å². The van der Waals surface area contributed by atoms with Crippen molar-refractivity contribution in [1.82, 2.24) is 4.98 Å². The summed E-state index contributed by atoms with van der Waals surface area (Å²) in [4.78, 5) is 28.3. The van der Waals surface area contributed by atoms with Crippen molar-refractivity contribution in [2.24, 2.45) is 0 Å². The van der Waals surface area contributed by atoms with Gasteiger partial charge in [-0.25, -0.2) is 4.98 Å². The van der Waals surface area contributed by atoms with E-state index < -0.39 is 0 Å². The Kier molecular flexibility index (Phi) is 6.24. The minimum absolute atomic E-state index is 0.0110. The molecule has 1 N–H and O–H groups in total. The van der Waals surface area contributed by atoms with Crippen LogP contribution in [0.4, 0.5) is 5.69 Å². The van der Waals surface area contributed by atoms with E-state index in [2.05, 4.69) is 21.7 Å². The fraction of sp³-hybridized carbons (Fsp3) is 0.211. The molecule has 0 fully saturated rings. The average Bonchev–Trinajstić information content (AvgIpc) is 3.31. The van der Waals surface area contributed by atoms with Crippen molar-refractivity contribution in [3.63, 3.8) is 0 Å². The van der Waals surface area contributed by atoms with Crippen LogP contribution in [0.3, 0.4) is 0 Å². The number of thiazole rings is 1. The van der Waals surface area contributed by atoms with Crippen LogP contribution in [0.1, 0.15) is 29.9 Å². The van der Waals surface area contributed by atoms with Crippen molar-refractivity contribution in [2.45, 2.75) is 24.9 Å². The minimum Gasteiger partial charge on any atom is -0.325 e. The fourth-order valence-corrected chi connectivity index (χ4v) is 4.63. The van der Waals surface area contributed by atoms with Crippen LogP contribution < -0.4 is 5.32 Å². The predicted molar refractivity (Wildman–Crippen MR) is 111 cm³/mol. The normalized spacial score (nSPS) is 11.9. The minimum atomic E-state index is -0.200. The van der Waals surface area contributed by atoms with Gasteiger partial charge in [0.15, 0.2) is 5.78 Å². The quantitative estimate of drug-likeness (QED) is 0.542. The number of nitrogens with zero attached hydrogens (tertiary/aromatic N) is 1. The van der Waals surface area contributed by atoms with Crippen LogP contribution >= 0.6 is 34.4 Å². The van der Waals surface area contributed by atoms with E-state index in [4.69, 9.17) is 0 Å². The highest BCUT2D eigenvalue weighted by Crippen LogP contribution is 2.28. The number of rotatable bonds is 7. The van der Waals surface area contributed by atoms with Gasteiger partial charge in [-0.2, -0.15) is 11.3 Å². The van der Waals surface area contributed by atoms with Crippen molar-refractivity contribution in [3.8, 4) is 10.6 Å². The number of hydrogen-bond acceptors (Lipinski definition) is 6. The summed E-state index contributed by atoms with van der Waals surface area (Å²) in [6.45, 7) is 3.41. The van der Waals surface area contributed by atoms with E-state index in [1.165, 1.54) is 6.92 Å². The van der Waals surface area contributed by atoms with Crippen LogP contribution in [-0.2, 0) is 10.5 Å². The maximum absolute atomic E-state index is 12.3. The maximum Gasteiger partial charge on any atom is 0.237 e. The molecule has 134 valence electrons. The van der Waals surface area contributed by atoms with Gasteiger partial charge >= 0.3 is 0 Å². The zero-order chi connectivity index (χ0) is 18.5. The molecular weight excluding hydrogens is 384 g/mol. The molecule has 2 aromatic heterocycles. The lowest BCUT2D eigenvalue weighted by atomic mass is 10.1. The van der Waals surface area contributed by atoms with Gasteiger partial charge in [-0.05, 0) is 49.6 Å². The van der Waals surface area contributed by atoms with Crippen molar-refractivity contribution < 1.29 is 9.59 Å². The molecule has 3 rings (SSSR count). The molecule has 0 saturated heterocycles. The SMILES string of the molecule is CC(=O)c1ccc(NC(=O)C(C)SCc2csc(-c3ccsc3)n2)cc1. The Balaban J connectivity index is 1.52. The molecule has 4 nitrogen and oxygen atoms in total. The van der Waals surface area contributed by atoms with E-state index in [-0.39, 0.29) is 16.9 Å². The third kappa shape index (κ3) is 4.81. The third-order valence-electron chi connectivity index (χ3n) is 3.73. The monoisotopic (exact) mass is 402 g/mol. The molecule has 0 bridgehead atoms. The molecule has 0 radical (unpaired) electrons. The van der Waals surface area contributed by atoms with Gasteiger partial charge in [-0.15, -0.1) is 23.1 Å². The number of Topliss-reactive ketones (excluding diaryl/α,β-unsaturated/α-hetero) is 1. The van der Waals surface area contributed by atoms with Gasteiger partial charge in [0.05, 0.1) is 10.9 Å². The number of carbonyl (C=O) groups excluding carboxylic acids is 2. The standard InChI is InChI=1S/C19H18N2O2S3/c1-12(22)14-3-5-16(6-4-14)20-18(23)13(2)25-10-17-11-26-19(21-17)15-7-8-24-9-15/h3-9,11,13H,10H2,1-2H3,(H,20,23). The molecular formula is C19H18N2O2S3. The molecule has 0 aliphatic carbocycles. The molecule has 7 heteroatoms. The summed E-state index contributed by atoms with van der Waals surface area (Å²) in [5.74, 6) is 0.647. The number of thioether (sulfide) groups is 1. The zero-order valence-corrected chi connectivity index (χ0v) is 16.8. The summed E-state index contributed by atoms with van der Waals surface area (Å²) in [5.41, 5.74) is 3.47. The third-order valence-corrected chi connectivity index (χ3v) is 6.53. The molecule has 0 spiro atoms. The van der Waals surface area contributed by atoms with Gasteiger partial charge < -0.3 is 5.32 Å². The fourth-order valence-electron chi connectivity index (χ4n) is 2.21. The van der Waals surface area contributed by atoms with Gasteiger partial charge in [0.1, 0.15) is 5.01 Å². The first-order valence-corrected chi connectivity index (χ1v) is 10.9. The van der Waals surface area contributed by atoms with Gasteiger partial charge in [0.2, 0.25) is 5.91 Å². The number of hydrogen-bond donors (Lipinski definition) is 1. The Bertz CT molecular complexity index is 886. The van der Waals surface area contributed by atoms with Crippen LogP contribution in [-0.4, -0.2) is 21.9 Å². The first kappa shape index (κ1) is 18.8. The molecule has 26 heavy (non-hydrogen) atoms. The van der Waals surface area contributed by atoms with E-state index in [0.717, 1.165) is 16.3 Å². The second-order valence-corrected chi connectivity index (χ2v) is 8.70. The summed E-state index contributed by atoms with van der Waals surface area (Å²) < 4.78 is 0. The lowest BCUT2D eigenvalue weighted by Crippen LogP contribution is -2.22. The van der Waals surface area contributed by atoms with E-state index in [1.54, 1.807) is 58.7 Å². The molecule has 1 amide bonds. The molecule has 0 aliphatic rings. The van der Waals surface area contributed by atoms with Gasteiger partial charge in [-0.1, -0.05) is 0 Å².